The summed E-state index contributed by atoms with van der Waals surface area (Å²) in [6, 6.07) is 4.45. The maximum Gasteiger partial charge on any atom is 0.268 e. The van der Waals surface area contributed by atoms with Crippen LogP contribution >= 0.6 is 12.2 Å². The number of hydrogen-bond acceptors (Lipinski definition) is 3. The first kappa shape index (κ1) is 12.8. The van der Waals surface area contributed by atoms with E-state index >= 15 is 0 Å². The van der Waals surface area contributed by atoms with Crippen molar-refractivity contribution in [1.29, 1.82) is 0 Å². The van der Waals surface area contributed by atoms with E-state index in [4.69, 9.17) is 18.0 Å². The van der Waals surface area contributed by atoms with Crippen molar-refractivity contribution in [1.82, 2.24) is 10.3 Å². The van der Waals surface area contributed by atoms with Crippen LogP contribution in [0.5, 0.6) is 0 Å². The van der Waals surface area contributed by atoms with Gasteiger partial charge in [-0.15, -0.1) is 0 Å². The molecule has 0 unspecified atom stereocenters. The van der Waals surface area contributed by atoms with E-state index in [0.29, 0.717) is 4.99 Å². The number of nitrogens with two attached hydrogens (primary N) is 1. The lowest BCUT2D eigenvalue weighted by molar-refractivity contribution is 0.0919. The standard InChI is InChI=1S/C12H15N3O2S/c13-11(18)12(6-1-2-7-12)15-10(17)8-4-3-5-9(16)14-8/h3-5H,1-2,6-7H2,(H2,13,18)(H,14,16)(H,15,17). The molecule has 2 rings (SSSR count). The highest BCUT2D eigenvalue weighted by atomic mass is 32.1. The van der Waals surface area contributed by atoms with Crippen molar-refractivity contribution in [2.75, 3.05) is 0 Å². The number of hydrogen-bond donors (Lipinski definition) is 3. The molecule has 18 heavy (non-hydrogen) atoms. The van der Waals surface area contributed by atoms with Gasteiger partial charge in [0.25, 0.3) is 5.91 Å². The summed E-state index contributed by atoms with van der Waals surface area (Å²) in [4.78, 5) is 26.0. The summed E-state index contributed by atoms with van der Waals surface area (Å²) < 4.78 is 0. The first-order valence-corrected chi connectivity index (χ1v) is 6.26. The van der Waals surface area contributed by atoms with Crippen LogP contribution in [0.2, 0.25) is 0 Å². The van der Waals surface area contributed by atoms with Gasteiger partial charge in [-0.05, 0) is 18.9 Å². The van der Waals surface area contributed by atoms with Gasteiger partial charge in [-0.2, -0.15) is 0 Å². The van der Waals surface area contributed by atoms with E-state index < -0.39 is 5.54 Å². The third kappa shape index (κ3) is 2.43. The second kappa shape index (κ2) is 4.89. The van der Waals surface area contributed by atoms with E-state index in [1.807, 2.05) is 0 Å². The number of carbonyl (C=O) groups excluding carboxylic acids is 1. The van der Waals surface area contributed by atoms with Crippen LogP contribution in [0.1, 0.15) is 36.2 Å². The maximum atomic E-state index is 12.1. The molecule has 0 bridgehead atoms. The van der Waals surface area contributed by atoms with Crippen LogP contribution in [0.3, 0.4) is 0 Å². The van der Waals surface area contributed by atoms with Gasteiger partial charge in [-0.1, -0.05) is 31.1 Å². The molecule has 0 saturated heterocycles. The van der Waals surface area contributed by atoms with E-state index in [2.05, 4.69) is 10.3 Å². The Hall–Kier alpha value is -1.69. The fourth-order valence-corrected chi connectivity index (χ4v) is 2.53. The molecule has 0 radical (unpaired) electrons. The molecule has 0 atom stereocenters. The van der Waals surface area contributed by atoms with Gasteiger partial charge >= 0.3 is 0 Å². The molecule has 96 valence electrons. The van der Waals surface area contributed by atoms with Gasteiger partial charge in [-0.3, -0.25) is 9.59 Å². The Bertz CT molecular complexity index is 532. The fraction of sp³-hybridized carbons (Fsp3) is 0.417. The van der Waals surface area contributed by atoms with Crippen LogP contribution < -0.4 is 16.6 Å². The smallest absolute Gasteiger partial charge is 0.268 e. The lowest BCUT2D eigenvalue weighted by atomic mass is 9.97. The second-order valence-corrected chi connectivity index (χ2v) is 4.98. The second-order valence-electron chi connectivity index (χ2n) is 4.54. The van der Waals surface area contributed by atoms with Crippen LogP contribution in [-0.2, 0) is 0 Å². The highest BCUT2D eigenvalue weighted by molar-refractivity contribution is 7.80. The van der Waals surface area contributed by atoms with Crippen molar-refractivity contribution in [3.63, 3.8) is 0 Å². The molecule has 5 nitrogen and oxygen atoms in total. The third-order valence-corrected chi connectivity index (χ3v) is 3.69. The van der Waals surface area contributed by atoms with Gasteiger partial charge in [0, 0.05) is 6.07 Å². The molecule has 1 fully saturated rings. The van der Waals surface area contributed by atoms with Gasteiger partial charge in [0.05, 0.1) is 10.5 Å². The van der Waals surface area contributed by atoms with Gasteiger partial charge < -0.3 is 16.0 Å². The van der Waals surface area contributed by atoms with Crippen molar-refractivity contribution in [3.8, 4) is 0 Å². The molecule has 1 heterocycles. The predicted octanol–water partition coefficient (Wildman–Crippen LogP) is 0.704. The Labute approximate surface area is 110 Å². The number of amides is 1. The molecule has 1 amide bonds. The van der Waals surface area contributed by atoms with Crippen LogP contribution in [0.15, 0.2) is 23.0 Å². The van der Waals surface area contributed by atoms with Crippen molar-refractivity contribution in [2.24, 2.45) is 5.73 Å². The molecule has 0 aliphatic heterocycles. The summed E-state index contributed by atoms with van der Waals surface area (Å²) in [5, 5.41) is 2.86. The number of nitrogens with one attached hydrogen (secondary N) is 2. The molecule has 1 aromatic heterocycles. The van der Waals surface area contributed by atoms with Gasteiger partial charge in [0.15, 0.2) is 0 Å². The normalized spacial score (nSPS) is 17.3. The zero-order chi connectivity index (χ0) is 13.2. The SMILES string of the molecule is NC(=S)C1(NC(=O)c2cccc(=O)[nH]2)CCCC1. The van der Waals surface area contributed by atoms with Crippen LogP contribution in [0, 0.1) is 0 Å². The minimum Gasteiger partial charge on any atom is -0.391 e. The van der Waals surface area contributed by atoms with E-state index in [1.54, 1.807) is 6.07 Å². The van der Waals surface area contributed by atoms with Crippen LogP contribution in [-0.4, -0.2) is 21.4 Å². The average Bonchev–Trinajstić information content (AvgIpc) is 2.79. The van der Waals surface area contributed by atoms with Crippen molar-refractivity contribution in [2.45, 2.75) is 31.2 Å². The monoisotopic (exact) mass is 265 g/mol. The molecule has 1 aromatic rings. The molecule has 1 aliphatic rings. The number of aromatic nitrogens is 1. The number of rotatable bonds is 3. The Kier molecular flexibility index (Phi) is 3.47. The van der Waals surface area contributed by atoms with Crippen molar-refractivity contribution >= 4 is 23.1 Å². The minimum absolute atomic E-state index is 0.227. The lowest BCUT2D eigenvalue weighted by Crippen LogP contribution is -2.55. The molecule has 0 aromatic carbocycles. The van der Waals surface area contributed by atoms with Crippen molar-refractivity contribution < 1.29 is 4.79 Å². The van der Waals surface area contributed by atoms with Gasteiger partial charge in [-0.25, -0.2) is 0 Å². The molecule has 4 N–H and O–H groups in total. The molecular formula is C12H15N3O2S. The summed E-state index contributed by atoms with van der Waals surface area (Å²) in [5.41, 5.74) is 5.06. The Morgan fingerprint density at radius 2 is 2.06 bits per heavy atom. The predicted molar refractivity (Wildman–Crippen MR) is 72.5 cm³/mol. The van der Waals surface area contributed by atoms with E-state index in [1.165, 1.54) is 12.1 Å². The minimum atomic E-state index is -0.598. The summed E-state index contributed by atoms with van der Waals surface area (Å²) in [7, 11) is 0. The first-order chi connectivity index (χ1) is 8.53. The van der Waals surface area contributed by atoms with E-state index in [0.717, 1.165) is 25.7 Å². The van der Waals surface area contributed by atoms with Gasteiger partial charge in [0.2, 0.25) is 5.56 Å². The quantitative estimate of drug-likeness (QED) is 0.702. The molecule has 1 saturated carbocycles. The average molecular weight is 265 g/mol. The lowest BCUT2D eigenvalue weighted by Gasteiger charge is -2.28. The van der Waals surface area contributed by atoms with E-state index in [9.17, 15) is 9.59 Å². The van der Waals surface area contributed by atoms with Crippen molar-refractivity contribution in [3.05, 3.63) is 34.2 Å². The molecular weight excluding hydrogens is 250 g/mol. The fourth-order valence-electron chi connectivity index (χ4n) is 2.28. The summed E-state index contributed by atoms with van der Waals surface area (Å²) in [5.74, 6) is -0.345. The largest absolute Gasteiger partial charge is 0.391 e. The molecule has 0 spiro atoms. The number of thiocarbonyl (C=S) groups is 1. The summed E-state index contributed by atoms with van der Waals surface area (Å²) >= 11 is 5.05. The number of carbonyl (C=O) groups is 1. The zero-order valence-corrected chi connectivity index (χ0v) is 10.7. The number of pyridine rings is 1. The topological polar surface area (TPSA) is 88.0 Å². The van der Waals surface area contributed by atoms with Gasteiger partial charge in [0.1, 0.15) is 5.69 Å². The Morgan fingerprint density at radius 3 is 2.61 bits per heavy atom. The van der Waals surface area contributed by atoms with Crippen LogP contribution in [0.25, 0.3) is 0 Å². The highest BCUT2D eigenvalue weighted by Crippen LogP contribution is 2.30. The Morgan fingerprint density at radius 1 is 1.39 bits per heavy atom. The molecule has 1 aliphatic carbocycles. The first-order valence-electron chi connectivity index (χ1n) is 5.85. The summed E-state index contributed by atoms with van der Waals surface area (Å²) in [6.07, 6.45) is 3.49. The van der Waals surface area contributed by atoms with Crippen LogP contribution in [0.4, 0.5) is 0 Å². The zero-order valence-electron chi connectivity index (χ0n) is 9.86. The number of aromatic amines is 1. The number of H-pyrrole nitrogens is 1. The Balaban J connectivity index is 2.20. The highest BCUT2D eigenvalue weighted by Gasteiger charge is 2.38. The maximum absolute atomic E-state index is 12.1. The summed E-state index contributed by atoms with van der Waals surface area (Å²) in [6.45, 7) is 0. The van der Waals surface area contributed by atoms with E-state index in [-0.39, 0.29) is 17.2 Å². The molecule has 6 heteroatoms. The third-order valence-electron chi connectivity index (χ3n) is 3.29.